The molecule has 1 rings (SSSR count). The van der Waals surface area contributed by atoms with Crippen LogP contribution >= 0.6 is 0 Å². The molecule has 0 aromatic heterocycles. The number of hydroxylamine groups is 2. The second kappa shape index (κ2) is 3.19. The maximum Gasteiger partial charge on any atom is 0.223 e. The zero-order chi connectivity index (χ0) is 12.0. The van der Waals surface area contributed by atoms with Crippen molar-refractivity contribution in [3.8, 4) is 6.07 Å². The first-order valence-electron chi connectivity index (χ1n) is 4.85. The van der Waals surface area contributed by atoms with E-state index < -0.39 is 28.8 Å². The van der Waals surface area contributed by atoms with Crippen molar-refractivity contribution in [2.45, 2.75) is 38.8 Å². The Kier molecular flexibility index (Phi) is 2.54. The smallest absolute Gasteiger partial charge is 0.223 e. The number of nitriles is 1. The standard InChI is InChI=1S/C10H17N3O2/c1-9(2)6(5-11)7(8(12)14)10(3,4)13(9)15/h6-7,15H,1-4H3,(H2,12,14)/t6-,7+/m1/s1. The number of primary amides is 1. The molecule has 2 atom stereocenters. The first-order valence-corrected chi connectivity index (χ1v) is 4.85. The van der Waals surface area contributed by atoms with E-state index in [4.69, 9.17) is 11.0 Å². The number of nitrogens with two attached hydrogens (primary N) is 1. The average Bonchev–Trinajstić information content (AvgIpc) is 2.22. The molecule has 1 aliphatic heterocycles. The molecule has 5 heteroatoms. The number of carbonyl (C=O) groups excluding carboxylic acids is 1. The van der Waals surface area contributed by atoms with Crippen molar-refractivity contribution >= 4 is 5.91 Å². The molecule has 15 heavy (non-hydrogen) atoms. The number of amides is 1. The van der Waals surface area contributed by atoms with Crippen molar-refractivity contribution in [2.75, 3.05) is 0 Å². The Balaban J connectivity index is 3.28. The summed E-state index contributed by atoms with van der Waals surface area (Å²) in [4.78, 5) is 11.4. The van der Waals surface area contributed by atoms with E-state index in [1.165, 1.54) is 0 Å². The summed E-state index contributed by atoms with van der Waals surface area (Å²) in [7, 11) is 0. The van der Waals surface area contributed by atoms with Crippen molar-refractivity contribution in [1.29, 1.82) is 5.26 Å². The van der Waals surface area contributed by atoms with Gasteiger partial charge in [-0.3, -0.25) is 4.79 Å². The molecule has 1 fully saturated rings. The largest absolute Gasteiger partial charge is 0.369 e. The molecule has 1 amide bonds. The van der Waals surface area contributed by atoms with Gasteiger partial charge < -0.3 is 10.9 Å². The third-order valence-electron chi connectivity index (χ3n) is 3.39. The minimum atomic E-state index is -0.810. The average molecular weight is 211 g/mol. The van der Waals surface area contributed by atoms with Gasteiger partial charge in [0.15, 0.2) is 0 Å². The fourth-order valence-electron chi connectivity index (χ4n) is 2.57. The summed E-state index contributed by atoms with van der Waals surface area (Å²) < 4.78 is 0. The van der Waals surface area contributed by atoms with Crippen LogP contribution in [0.15, 0.2) is 0 Å². The highest BCUT2D eigenvalue weighted by molar-refractivity contribution is 5.79. The Labute approximate surface area is 89.4 Å². The molecular formula is C10H17N3O2. The van der Waals surface area contributed by atoms with Crippen LogP contribution in [0.4, 0.5) is 0 Å². The Morgan fingerprint density at radius 3 is 2.13 bits per heavy atom. The van der Waals surface area contributed by atoms with Gasteiger partial charge in [-0.25, -0.2) is 0 Å². The van der Waals surface area contributed by atoms with Crippen LogP contribution in [0.25, 0.3) is 0 Å². The topological polar surface area (TPSA) is 90.3 Å². The van der Waals surface area contributed by atoms with Crippen LogP contribution in [0, 0.1) is 23.2 Å². The molecule has 0 radical (unpaired) electrons. The molecule has 84 valence electrons. The molecule has 0 aliphatic carbocycles. The summed E-state index contributed by atoms with van der Waals surface area (Å²) in [5.41, 5.74) is 3.72. The summed E-state index contributed by atoms with van der Waals surface area (Å²) in [5.74, 6) is -1.81. The van der Waals surface area contributed by atoms with Gasteiger partial charge in [0.05, 0.1) is 29.0 Å². The summed E-state index contributed by atoms with van der Waals surface area (Å²) in [6.45, 7) is 6.88. The first kappa shape index (κ1) is 12.0. The summed E-state index contributed by atoms with van der Waals surface area (Å²) in [5, 5.41) is 20.1. The van der Waals surface area contributed by atoms with Crippen LogP contribution in [0.3, 0.4) is 0 Å². The van der Waals surface area contributed by atoms with Crippen molar-refractivity contribution in [2.24, 2.45) is 17.6 Å². The monoisotopic (exact) mass is 211 g/mol. The van der Waals surface area contributed by atoms with E-state index in [-0.39, 0.29) is 0 Å². The fourth-order valence-corrected chi connectivity index (χ4v) is 2.57. The van der Waals surface area contributed by atoms with Gasteiger partial charge in [0.25, 0.3) is 0 Å². The zero-order valence-electron chi connectivity index (χ0n) is 9.48. The van der Waals surface area contributed by atoms with Crippen LogP contribution < -0.4 is 5.73 Å². The normalized spacial score (nSPS) is 33.6. The molecule has 5 nitrogen and oxygen atoms in total. The van der Waals surface area contributed by atoms with Gasteiger partial charge in [-0.1, -0.05) is 0 Å². The first-order chi connectivity index (χ1) is 6.67. The highest BCUT2D eigenvalue weighted by Gasteiger charge is 2.60. The Bertz CT molecular complexity index is 330. The summed E-state index contributed by atoms with van der Waals surface area (Å²) >= 11 is 0. The SMILES string of the molecule is CC1(C)[C@H](C#N)[C@@H](C(N)=O)C(C)(C)N1O. The quantitative estimate of drug-likeness (QED) is 0.660. The minimum Gasteiger partial charge on any atom is -0.369 e. The molecule has 0 saturated carbocycles. The molecule has 0 unspecified atom stereocenters. The summed E-state index contributed by atoms with van der Waals surface area (Å²) in [6.07, 6.45) is 0. The molecule has 1 aliphatic rings. The lowest BCUT2D eigenvalue weighted by molar-refractivity contribution is -0.198. The van der Waals surface area contributed by atoms with E-state index in [0.717, 1.165) is 5.06 Å². The lowest BCUT2D eigenvalue weighted by Crippen LogP contribution is -2.49. The van der Waals surface area contributed by atoms with Crippen molar-refractivity contribution in [3.63, 3.8) is 0 Å². The molecule has 0 aromatic carbocycles. The molecule has 3 N–H and O–H groups in total. The molecule has 1 heterocycles. The highest BCUT2D eigenvalue weighted by Crippen LogP contribution is 2.47. The van der Waals surface area contributed by atoms with E-state index in [9.17, 15) is 10.0 Å². The van der Waals surface area contributed by atoms with Gasteiger partial charge in [-0.2, -0.15) is 10.3 Å². The Morgan fingerprint density at radius 2 is 1.87 bits per heavy atom. The lowest BCUT2D eigenvalue weighted by Gasteiger charge is -2.35. The number of hydrogen-bond acceptors (Lipinski definition) is 4. The fraction of sp³-hybridized carbons (Fsp3) is 0.800. The number of nitrogens with zero attached hydrogens (tertiary/aromatic N) is 2. The van der Waals surface area contributed by atoms with E-state index >= 15 is 0 Å². The molecule has 0 bridgehead atoms. The van der Waals surface area contributed by atoms with E-state index in [1.807, 2.05) is 0 Å². The highest BCUT2D eigenvalue weighted by atomic mass is 16.5. The molecule has 1 saturated heterocycles. The number of carbonyl (C=O) groups is 1. The number of hydrogen-bond donors (Lipinski definition) is 2. The Hall–Kier alpha value is -1.12. The maximum atomic E-state index is 11.4. The van der Waals surface area contributed by atoms with Crippen molar-refractivity contribution in [3.05, 3.63) is 0 Å². The summed E-state index contributed by atoms with van der Waals surface area (Å²) in [6, 6.07) is 2.07. The van der Waals surface area contributed by atoms with Crippen LogP contribution in [-0.2, 0) is 4.79 Å². The number of rotatable bonds is 1. The van der Waals surface area contributed by atoms with E-state index in [0.29, 0.717) is 0 Å². The molecular weight excluding hydrogens is 194 g/mol. The van der Waals surface area contributed by atoms with Crippen LogP contribution in [0.1, 0.15) is 27.7 Å². The molecule has 0 spiro atoms. The van der Waals surface area contributed by atoms with Crippen LogP contribution in [0.2, 0.25) is 0 Å². The van der Waals surface area contributed by atoms with Crippen LogP contribution in [-0.4, -0.2) is 27.3 Å². The third kappa shape index (κ3) is 1.41. The Morgan fingerprint density at radius 1 is 1.40 bits per heavy atom. The van der Waals surface area contributed by atoms with Gasteiger partial charge in [-0.15, -0.1) is 0 Å². The lowest BCUT2D eigenvalue weighted by atomic mass is 9.78. The predicted molar refractivity (Wildman–Crippen MR) is 53.6 cm³/mol. The van der Waals surface area contributed by atoms with Gasteiger partial charge in [0, 0.05) is 0 Å². The van der Waals surface area contributed by atoms with E-state index in [2.05, 4.69) is 6.07 Å². The predicted octanol–water partition coefficient (Wildman–Crippen LogP) is 0.490. The van der Waals surface area contributed by atoms with Gasteiger partial charge in [-0.05, 0) is 27.7 Å². The van der Waals surface area contributed by atoms with Crippen molar-refractivity contribution < 1.29 is 10.0 Å². The third-order valence-corrected chi connectivity index (χ3v) is 3.39. The van der Waals surface area contributed by atoms with Gasteiger partial charge in [0.2, 0.25) is 5.91 Å². The van der Waals surface area contributed by atoms with Gasteiger partial charge in [0.1, 0.15) is 0 Å². The second-order valence-corrected chi connectivity index (χ2v) is 5.11. The zero-order valence-corrected chi connectivity index (χ0v) is 9.48. The minimum absolute atomic E-state index is 0.545. The van der Waals surface area contributed by atoms with Crippen LogP contribution in [0.5, 0.6) is 0 Å². The molecule has 0 aromatic rings. The van der Waals surface area contributed by atoms with Gasteiger partial charge >= 0.3 is 0 Å². The van der Waals surface area contributed by atoms with E-state index in [1.54, 1.807) is 27.7 Å². The second-order valence-electron chi connectivity index (χ2n) is 5.11. The maximum absolute atomic E-state index is 11.4. The van der Waals surface area contributed by atoms with Crippen molar-refractivity contribution in [1.82, 2.24) is 5.06 Å².